The molecule has 0 spiro atoms. The number of hydrogen-bond donors (Lipinski definition) is 2. The zero-order valence-electron chi connectivity index (χ0n) is 14.3. The Hall–Kier alpha value is -3.70. The first kappa shape index (κ1) is 17.7. The fraction of sp³-hybridized carbons (Fsp3) is 0. The summed E-state index contributed by atoms with van der Waals surface area (Å²) in [6.45, 7) is 0. The lowest BCUT2D eigenvalue weighted by Crippen LogP contribution is -2.13. The molecule has 0 bridgehead atoms. The molecule has 0 aliphatic rings. The van der Waals surface area contributed by atoms with Crippen LogP contribution in [0.25, 0.3) is 22.0 Å². The van der Waals surface area contributed by atoms with Gasteiger partial charge in [-0.15, -0.1) is 0 Å². The third-order valence-electron chi connectivity index (χ3n) is 4.27. The highest BCUT2D eigenvalue weighted by Gasteiger charge is 2.21. The van der Waals surface area contributed by atoms with Gasteiger partial charge >= 0.3 is 0 Å². The third kappa shape index (κ3) is 3.19. The van der Waals surface area contributed by atoms with Crippen molar-refractivity contribution in [2.75, 3.05) is 4.72 Å². The SMILES string of the molecule is N#Cc1ccc(NS(=O)(=O)c2c[nH]c3cc(-c4cccnc4)ccc23)c(F)c1. The molecule has 0 aliphatic carbocycles. The van der Waals surface area contributed by atoms with Gasteiger partial charge in [-0.25, -0.2) is 12.8 Å². The molecule has 28 heavy (non-hydrogen) atoms. The van der Waals surface area contributed by atoms with Crippen molar-refractivity contribution in [3.05, 3.63) is 78.5 Å². The predicted octanol–water partition coefficient (Wildman–Crippen LogP) is 4.04. The van der Waals surface area contributed by atoms with Crippen LogP contribution in [0, 0.1) is 17.1 Å². The highest BCUT2D eigenvalue weighted by Crippen LogP contribution is 2.29. The second-order valence-corrected chi connectivity index (χ2v) is 7.72. The minimum Gasteiger partial charge on any atom is -0.360 e. The lowest BCUT2D eigenvalue weighted by molar-refractivity contribution is 0.599. The van der Waals surface area contributed by atoms with E-state index in [-0.39, 0.29) is 16.1 Å². The quantitative estimate of drug-likeness (QED) is 0.547. The largest absolute Gasteiger partial charge is 0.360 e. The Morgan fingerprint density at radius 1 is 1.11 bits per heavy atom. The molecule has 0 saturated heterocycles. The number of anilines is 1. The van der Waals surface area contributed by atoms with Gasteiger partial charge in [-0.1, -0.05) is 18.2 Å². The van der Waals surface area contributed by atoms with Gasteiger partial charge in [0.1, 0.15) is 10.7 Å². The summed E-state index contributed by atoms with van der Waals surface area (Å²) in [5.41, 5.74) is 2.30. The van der Waals surface area contributed by atoms with Crippen molar-refractivity contribution < 1.29 is 12.8 Å². The minimum atomic E-state index is -4.03. The number of H-pyrrole nitrogens is 1. The van der Waals surface area contributed by atoms with Gasteiger partial charge in [0.25, 0.3) is 10.0 Å². The number of fused-ring (bicyclic) bond motifs is 1. The lowest BCUT2D eigenvalue weighted by Gasteiger charge is -2.08. The van der Waals surface area contributed by atoms with Crippen LogP contribution in [0.4, 0.5) is 10.1 Å². The summed E-state index contributed by atoms with van der Waals surface area (Å²) in [5, 5.41) is 9.28. The number of halogens is 1. The fourth-order valence-electron chi connectivity index (χ4n) is 2.90. The van der Waals surface area contributed by atoms with Crippen molar-refractivity contribution in [3.8, 4) is 17.2 Å². The van der Waals surface area contributed by atoms with E-state index in [9.17, 15) is 12.8 Å². The first-order chi connectivity index (χ1) is 13.5. The number of benzene rings is 2. The summed E-state index contributed by atoms with van der Waals surface area (Å²) < 4.78 is 41.8. The molecule has 0 radical (unpaired) electrons. The molecular weight excluding hydrogens is 379 g/mol. The van der Waals surface area contributed by atoms with Crippen LogP contribution in [0.1, 0.15) is 5.56 Å². The molecule has 0 saturated carbocycles. The third-order valence-corrected chi connectivity index (χ3v) is 5.68. The second kappa shape index (κ2) is 6.79. The molecule has 2 heterocycles. The normalized spacial score (nSPS) is 11.3. The average molecular weight is 392 g/mol. The van der Waals surface area contributed by atoms with E-state index < -0.39 is 15.8 Å². The van der Waals surface area contributed by atoms with Crippen LogP contribution >= 0.6 is 0 Å². The number of pyridine rings is 1. The monoisotopic (exact) mass is 392 g/mol. The molecule has 0 unspecified atom stereocenters. The van der Waals surface area contributed by atoms with E-state index in [1.54, 1.807) is 30.6 Å². The van der Waals surface area contributed by atoms with Gasteiger partial charge in [0, 0.05) is 35.1 Å². The van der Waals surface area contributed by atoms with E-state index in [0.717, 1.165) is 17.2 Å². The standard InChI is InChI=1S/C20H13FN4O2S/c21-17-8-13(10-22)3-6-18(17)25-28(26,27)20-12-24-19-9-14(4-5-16(19)20)15-2-1-7-23-11-15/h1-9,11-12,24-25H. The molecule has 0 amide bonds. The van der Waals surface area contributed by atoms with E-state index in [1.807, 2.05) is 18.2 Å². The molecule has 2 aromatic carbocycles. The summed E-state index contributed by atoms with van der Waals surface area (Å²) in [5.74, 6) is -0.818. The number of nitrogens with one attached hydrogen (secondary N) is 2. The Morgan fingerprint density at radius 3 is 2.68 bits per heavy atom. The molecule has 4 aromatic rings. The Labute approximate surface area is 160 Å². The van der Waals surface area contributed by atoms with Crippen molar-refractivity contribution in [2.45, 2.75) is 4.90 Å². The van der Waals surface area contributed by atoms with Crippen LogP contribution in [0.3, 0.4) is 0 Å². The summed E-state index contributed by atoms with van der Waals surface area (Å²) in [6, 6.07) is 14.4. The number of aromatic nitrogens is 2. The maximum Gasteiger partial charge on any atom is 0.264 e. The summed E-state index contributed by atoms with van der Waals surface area (Å²) in [4.78, 5) is 7.03. The zero-order valence-corrected chi connectivity index (χ0v) is 15.2. The van der Waals surface area contributed by atoms with Crippen LogP contribution in [0.15, 0.2) is 72.0 Å². The maximum atomic E-state index is 14.1. The van der Waals surface area contributed by atoms with Gasteiger partial charge in [-0.05, 0) is 35.9 Å². The second-order valence-electron chi connectivity index (χ2n) is 6.07. The highest BCUT2D eigenvalue weighted by atomic mass is 32.2. The summed E-state index contributed by atoms with van der Waals surface area (Å²) in [7, 11) is -4.03. The van der Waals surface area contributed by atoms with E-state index in [2.05, 4.69) is 14.7 Å². The van der Waals surface area contributed by atoms with Crippen molar-refractivity contribution in [3.63, 3.8) is 0 Å². The number of nitriles is 1. The van der Waals surface area contributed by atoms with E-state index >= 15 is 0 Å². The van der Waals surface area contributed by atoms with E-state index in [4.69, 9.17) is 5.26 Å². The Bertz CT molecular complexity index is 1330. The predicted molar refractivity (Wildman–Crippen MR) is 103 cm³/mol. The van der Waals surface area contributed by atoms with Gasteiger partial charge < -0.3 is 4.98 Å². The van der Waals surface area contributed by atoms with Crippen LogP contribution < -0.4 is 4.72 Å². The Balaban J connectivity index is 1.71. The summed E-state index contributed by atoms with van der Waals surface area (Å²) in [6.07, 6.45) is 4.76. The molecule has 2 N–H and O–H groups in total. The van der Waals surface area contributed by atoms with Crippen LogP contribution in [-0.4, -0.2) is 18.4 Å². The number of rotatable bonds is 4. The van der Waals surface area contributed by atoms with Gasteiger partial charge in [-0.2, -0.15) is 5.26 Å². The van der Waals surface area contributed by atoms with Gasteiger partial charge in [-0.3, -0.25) is 9.71 Å². The minimum absolute atomic E-state index is 0.00370. The Kier molecular flexibility index (Phi) is 4.29. The van der Waals surface area contributed by atoms with Gasteiger partial charge in [0.05, 0.1) is 17.3 Å². The number of aromatic amines is 1. The van der Waals surface area contributed by atoms with Crippen molar-refractivity contribution in [2.24, 2.45) is 0 Å². The van der Waals surface area contributed by atoms with Crippen LogP contribution in [0.2, 0.25) is 0 Å². The summed E-state index contributed by atoms with van der Waals surface area (Å²) >= 11 is 0. The lowest BCUT2D eigenvalue weighted by atomic mass is 10.1. The molecule has 0 fully saturated rings. The van der Waals surface area contributed by atoms with Crippen LogP contribution in [-0.2, 0) is 10.0 Å². The highest BCUT2D eigenvalue weighted by molar-refractivity contribution is 7.93. The molecular formula is C20H13FN4O2S. The van der Waals surface area contributed by atoms with E-state index in [0.29, 0.717) is 10.9 Å². The molecule has 2 aromatic heterocycles. The smallest absolute Gasteiger partial charge is 0.264 e. The number of sulfonamides is 1. The molecule has 0 atom stereocenters. The first-order valence-corrected chi connectivity index (χ1v) is 9.70. The molecule has 8 heteroatoms. The average Bonchev–Trinajstić information content (AvgIpc) is 3.14. The molecule has 0 aliphatic heterocycles. The molecule has 6 nitrogen and oxygen atoms in total. The van der Waals surface area contributed by atoms with Gasteiger partial charge in [0.2, 0.25) is 0 Å². The van der Waals surface area contributed by atoms with E-state index in [1.165, 1.54) is 18.3 Å². The van der Waals surface area contributed by atoms with Gasteiger partial charge in [0.15, 0.2) is 0 Å². The zero-order chi connectivity index (χ0) is 19.7. The maximum absolute atomic E-state index is 14.1. The first-order valence-electron chi connectivity index (χ1n) is 8.22. The number of nitrogens with zero attached hydrogens (tertiary/aromatic N) is 2. The van der Waals surface area contributed by atoms with Crippen LogP contribution in [0.5, 0.6) is 0 Å². The topological polar surface area (TPSA) is 98.6 Å². The van der Waals surface area contributed by atoms with Crippen molar-refractivity contribution in [1.29, 1.82) is 5.26 Å². The Morgan fingerprint density at radius 2 is 1.96 bits per heavy atom. The van der Waals surface area contributed by atoms with Crippen molar-refractivity contribution >= 4 is 26.6 Å². The molecule has 138 valence electrons. The number of hydrogen-bond acceptors (Lipinski definition) is 4. The molecule has 4 rings (SSSR count). The van der Waals surface area contributed by atoms with Crippen molar-refractivity contribution in [1.82, 2.24) is 9.97 Å². The fourth-order valence-corrected chi connectivity index (χ4v) is 4.15.